The Kier molecular flexibility index (Phi) is 6.26. The predicted molar refractivity (Wildman–Crippen MR) is 103 cm³/mol. The molecule has 0 saturated heterocycles. The number of sulfonamides is 1. The molecule has 1 aliphatic carbocycles. The standard InChI is InChI=1S/C17H21BrF3N3O3S/c1-22-28(25,26)12-6-7-14(13(8-12)15-9-16(18)24-27-15)23-11-4-2-10(3-5-11)17(19,20)21/h6-8,10-11,15,22-23H,2-5,9H2,1H3/t10-,11-,15-/m0/s1. The Morgan fingerprint density at radius 3 is 2.43 bits per heavy atom. The summed E-state index contributed by atoms with van der Waals surface area (Å²) in [6, 6.07) is 4.49. The van der Waals surface area contributed by atoms with E-state index in [-0.39, 0.29) is 23.8 Å². The molecule has 3 rings (SSSR count). The van der Waals surface area contributed by atoms with Crippen molar-refractivity contribution in [2.45, 2.75) is 55.3 Å². The van der Waals surface area contributed by atoms with Gasteiger partial charge in [0.1, 0.15) is 4.62 Å². The molecule has 156 valence electrons. The van der Waals surface area contributed by atoms with Gasteiger partial charge in [-0.2, -0.15) is 13.2 Å². The molecule has 11 heteroatoms. The lowest BCUT2D eigenvalue weighted by molar-refractivity contribution is -0.182. The third-order valence-corrected chi connectivity index (χ3v) is 7.01. The summed E-state index contributed by atoms with van der Waals surface area (Å²) >= 11 is 3.26. The molecule has 1 aliphatic heterocycles. The number of hydrogen-bond donors (Lipinski definition) is 2. The number of nitrogens with one attached hydrogen (secondary N) is 2. The van der Waals surface area contributed by atoms with E-state index in [0.717, 1.165) is 0 Å². The van der Waals surface area contributed by atoms with Gasteiger partial charge in [0.2, 0.25) is 10.0 Å². The van der Waals surface area contributed by atoms with E-state index < -0.39 is 28.2 Å². The second kappa shape index (κ2) is 8.19. The van der Waals surface area contributed by atoms with Crippen molar-refractivity contribution in [1.82, 2.24) is 4.72 Å². The van der Waals surface area contributed by atoms with Crippen LogP contribution in [-0.2, 0) is 14.9 Å². The van der Waals surface area contributed by atoms with Crippen molar-refractivity contribution in [2.75, 3.05) is 12.4 Å². The number of halogens is 4. The summed E-state index contributed by atoms with van der Waals surface area (Å²) in [6.45, 7) is 0. The number of anilines is 1. The smallest absolute Gasteiger partial charge is 0.386 e. The van der Waals surface area contributed by atoms with Crippen molar-refractivity contribution < 1.29 is 26.4 Å². The maximum Gasteiger partial charge on any atom is 0.391 e. The molecule has 0 spiro atoms. The van der Waals surface area contributed by atoms with Crippen LogP contribution in [0.25, 0.3) is 0 Å². The maximum atomic E-state index is 12.9. The van der Waals surface area contributed by atoms with Gasteiger partial charge in [-0.05, 0) is 66.9 Å². The van der Waals surface area contributed by atoms with Gasteiger partial charge in [-0.15, -0.1) is 0 Å². The van der Waals surface area contributed by atoms with E-state index in [4.69, 9.17) is 4.84 Å². The molecule has 0 amide bonds. The van der Waals surface area contributed by atoms with Crippen LogP contribution in [0.5, 0.6) is 0 Å². The number of hydrogen-bond acceptors (Lipinski definition) is 5. The number of nitrogens with zero attached hydrogens (tertiary/aromatic N) is 1. The highest BCUT2D eigenvalue weighted by molar-refractivity contribution is 9.18. The Balaban J connectivity index is 1.80. The Morgan fingerprint density at radius 1 is 1.21 bits per heavy atom. The second-order valence-corrected chi connectivity index (χ2v) is 9.76. The van der Waals surface area contributed by atoms with E-state index in [1.165, 1.54) is 19.2 Å². The molecule has 28 heavy (non-hydrogen) atoms. The third kappa shape index (κ3) is 4.80. The van der Waals surface area contributed by atoms with Gasteiger partial charge in [-0.1, -0.05) is 5.16 Å². The second-order valence-electron chi connectivity index (χ2n) is 6.96. The van der Waals surface area contributed by atoms with E-state index in [9.17, 15) is 21.6 Å². The van der Waals surface area contributed by atoms with Crippen LogP contribution in [0, 0.1) is 5.92 Å². The molecule has 0 aromatic heterocycles. The Bertz CT molecular complexity index is 853. The maximum absolute atomic E-state index is 12.9. The van der Waals surface area contributed by atoms with Crippen LogP contribution in [0.2, 0.25) is 0 Å². The molecule has 0 bridgehead atoms. The SMILES string of the molecule is CNS(=O)(=O)c1ccc(N[C@H]2CC[C@H](C(F)(F)F)CC2)c([C@@H]2CC(Br)=NO2)c1. The first kappa shape index (κ1) is 21.4. The molecule has 1 atom stereocenters. The highest BCUT2D eigenvalue weighted by atomic mass is 79.9. The first-order valence-electron chi connectivity index (χ1n) is 8.89. The summed E-state index contributed by atoms with van der Waals surface area (Å²) in [5.41, 5.74) is 1.25. The quantitative estimate of drug-likeness (QED) is 0.654. The first-order chi connectivity index (χ1) is 13.1. The minimum Gasteiger partial charge on any atom is -0.386 e. The summed E-state index contributed by atoms with van der Waals surface area (Å²) in [6.07, 6.45) is -3.23. The van der Waals surface area contributed by atoms with Crippen LogP contribution in [0.1, 0.15) is 43.8 Å². The molecule has 1 fully saturated rings. The fourth-order valence-corrected chi connectivity index (χ4v) is 4.67. The topological polar surface area (TPSA) is 79.8 Å². The molecule has 1 saturated carbocycles. The largest absolute Gasteiger partial charge is 0.391 e. The molecule has 0 radical (unpaired) electrons. The summed E-state index contributed by atoms with van der Waals surface area (Å²) < 4.78 is 65.8. The predicted octanol–water partition coefficient (Wildman–Crippen LogP) is 4.30. The van der Waals surface area contributed by atoms with Crippen LogP contribution < -0.4 is 10.0 Å². The monoisotopic (exact) mass is 483 g/mol. The average molecular weight is 484 g/mol. The number of oxime groups is 1. The van der Waals surface area contributed by atoms with Crippen molar-refractivity contribution in [3.8, 4) is 0 Å². The average Bonchev–Trinajstić information content (AvgIpc) is 3.08. The van der Waals surface area contributed by atoms with Gasteiger partial charge in [0.05, 0.1) is 10.8 Å². The lowest BCUT2D eigenvalue weighted by Crippen LogP contribution is -2.33. The van der Waals surface area contributed by atoms with Gasteiger partial charge in [-0.3, -0.25) is 0 Å². The van der Waals surface area contributed by atoms with E-state index in [1.54, 1.807) is 6.07 Å². The molecular weight excluding hydrogens is 463 g/mol. The van der Waals surface area contributed by atoms with Crippen LogP contribution >= 0.6 is 15.9 Å². The summed E-state index contributed by atoms with van der Waals surface area (Å²) in [5.74, 6) is -1.25. The van der Waals surface area contributed by atoms with Crippen molar-refractivity contribution in [2.24, 2.45) is 11.1 Å². The van der Waals surface area contributed by atoms with Crippen LogP contribution in [0.15, 0.2) is 28.3 Å². The molecule has 1 aromatic carbocycles. The van der Waals surface area contributed by atoms with Crippen molar-refractivity contribution in [3.05, 3.63) is 23.8 Å². The van der Waals surface area contributed by atoms with E-state index in [2.05, 4.69) is 31.1 Å². The summed E-state index contributed by atoms with van der Waals surface area (Å²) in [7, 11) is -2.32. The zero-order valence-corrected chi connectivity index (χ0v) is 17.5. The van der Waals surface area contributed by atoms with Gasteiger partial charge < -0.3 is 10.2 Å². The van der Waals surface area contributed by atoms with Gasteiger partial charge in [-0.25, -0.2) is 13.1 Å². The number of rotatable bonds is 5. The summed E-state index contributed by atoms with van der Waals surface area (Å²) in [5, 5.41) is 7.13. The van der Waals surface area contributed by atoms with Crippen molar-refractivity contribution in [1.29, 1.82) is 0 Å². The Hall–Kier alpha value is -1.33. The molecule has 0 unspecified atom stereocenters. The number of benzene rings is 1. The molecule has 1 aromatic rings. The fraction of sp³-hybridized carbons (Fsp3) is 0.588. The zero-order chi connectivity index (χ0) is 20.5. The summed E-state index contributed by atoms with van der Waals surface area (Å²) in [4.78, 5) is 5.47. The molecule has 1 heterocycles. The highest BCUT2D eigenvalue weighted by Gasteiger charge is 2.41. The lowest BCUT2D eigenvalue weighted by Gasteiger charge is -2.31. The minimum atomic E-state index is -4.15. The van der Waals surface area contributed by atoms with Gasteiger partial charge in [0.15, 0.2) is 6.10 Å². The van der Waals surface area contributed by atoms with Gasteiger partial charge >= 0.3 is 6.18 Å². The minimum absolute atomic E-state index is 0.0807. The van der Waals surface area contributed by atoms with Gasteiger partial charge in [0, 0.05) is 23.7 Å². The van der Waals surface area contributed by atoms with Crippen LogP contribution in [0.4, 0.5) is 18.9 Å². The third-order valence-electron chi connectivity index (χ3n) is 5.13. The van der Waals surface area contributed by atoms with Crippen molar-refractivity contribution in [3.63, 3.8) is 0 Å². The van der Waals surface area contributed by atoms with E-state index >= 15 is 0 Å². The lowest BCUT2D eigenvalue weighted by atomic mass is 9.85. The van der Waals surface area contributed by atoms with Crippen molar-refractivity contribution >= 4 is 36.3 Å². The fourth-order valence-electron chi connectivity index (χ4n) is 3.52. The normalized spacial score (nSPS) is 25.9. The van der Waals surface area contributed by atoms with Gasteiger partial charge in [0.25, 0.3) is 0 Å². The van der Waals surface area contributed by atoms with E-state index in [1.807, 2.05) is 0 Å². The van der Waals surface area contributed by atoms with Crippen LogP contribution in [-0.4, -0.2) is 32.3 Å². The molecule has 2 aliphatic rings. The highest BCUT2D eigenvalue weighted by Crippen LogP contribution is 2.40. The van der Waals surface area contributed by atoms with Crippen LogP contribution in [0.3, 0.4) is 0 Å². The molecular formula is C17H21BrF3N3O3S. The zero-order valence-electron chi connectivity index (χ0n) is 15.1. The first-order valence-corrected chi connectivity index (χ1v) is 11.2. The molecule has 2 N–H and O–H groups in total. The Labute approximate surface area is 170 Å². The molecule has 6 nitrogen and oxygen atoms in total. The Morgan fingerprint density at radius 2 is 1.89 bits per heavy atom. The number of alkyl halides is 3. The van der Waals surface area contributed by atoms with E-state index in [0.29, 0.717) is 35.1 Å².